The lowest BCUT2D eigenvalue weighted by atomic mass is 10.0. The molecule has 0 saturated heterocycles. The van der Waals surface area contributed by atoms with Gasteiger partial charge in [-0.15, -0.1) is 0 Å². The second-order valence-electron chi connectivity index (χ2n) is 10.4. The van der Waals surface area contributed by atoms with Gasteiger partial charge in [0.05, 0.1) is 63.7 Å². The number of quaternary nitrogens is 1. The standard InChI is InChI=1S/C16H34O6S.C12H23NO2/c1-3-5-8-16(4-2)15-22-13-12-21-11-10-20-9-6-7-14-23(17,18)19;1-5-6-9-13(3,4)10-7-8-11(2)12(14)15/h16H,3-15H2,1-2H3,(H,17,18,19);8H,5-7,9-10H2,1-4H3. The van der Waals surface area contributed by atoms with Crippen LogP contribution < -0.4 is 0 Å². The zero-order chi connectivity index (χ0) is 29.3. The second-order valence-corrected chi connectivity index (χ2v) is 11.9. The van der Waals surface area contributed by atoms with E-state index in [0.29, 0.717) is 57.4 Å². The van der Waals surface area contributed by atoms with E-state index < -0.39 is 16.1 Å². The maximum atomic E-state index is 10.6. The van der Waals surface area contributed by atoms with Crippen LogP contribution in [0.3, 0.4) is 0 Å². The number of hydrogen-bond donors (Lipinski definition) is 1. The Bertz CT molecular complexity index is 695. The van der Waals surface area contributed by atoms with Crippen molar-refractivity contribution in [3.05, 3.63) is 11.6 Å². The second kappa shape index (κ2) is 25.0. The Kier molecular flexibility index (Phi) is 25.7. The summed E-state index contributed by atoms with van der Waals surface area (Å²) in [5.74, 6) is -0.480. The van der Waals surface area contributed by atoms with E-state index in [-0.39, 0.29) is 5.75 Å². The van der Waals surface area contributed by atoms with Gasteiger partial charge < -0.3 is 28.4 Å². The third kappa shape index (κ3) is 29.5. The Hall–Kier alpha value is -1.04. The fraction of sp³-hybridized carbons (Fsp3) is 0.893. The number of carboxylic acids is 1. The summed E-state index contributed by atoms with van der Waals surface area (Å²) in [7, 11) is 0.296. The lowest BCUT2D eigenvalue weighted by molar-refractivity contribution is -0.890. The molecule has 0 aliphatic rings. The molecule has 1 atom stereocenters. The summed E-state index contributed by atoms with van der Waals surface area (Å²) in [6, 6.07) is 0. The molecular weight excluding hydrogens is 510 g/mol. The summed E-state index contributed by atoms with van der Waals surface area (Å²) < 4.78 is 48.4. The largest absolute Gasteiger partial charge is 0.748 e. The van der Waals surface area contributed by atoms with E-state index in [2.05, 4.69) is 34.9 Å². The Morgan fingerprint density at radius 2 is 1.47 bits per heavy atom. The number of nitrogens with zero attached hydrogens (tertiary/aromatic N) is 1. The minimum Gasteiger partial charge on any atom is -0.748 e. The molecule has 0 bridgehead atoms. The number of aliphatic carboxylic acids is 1. The SMILES string of the molecule is CCCCC(CC)COCCOCCOCCCCS(=O)(=O)[O-].CCCC[N+](C)(C)CCC=C(C)C(=O)O. The predicted octanol–water partition coefficient (Wildman–Crippen LogP) is 4.86. The molecule has 0 radical (unpaired) electrons. The van der Waals surface area contributed by atoms with E-state index in [1.165, 1.54) is 32.1 Å². The van der Waals surface area contributed by atoms with Crippen LogP contribution in [-0.2, 0) is 29.1 Å². The van der Waals surface area contributed by atoms with Crippen LogP contribution in [0, 0.1) is 5.92 Å². The van der Waals surface area contributed by atoms with Crippen molar-refractivity contribution in [2.45, 2.75) is 85.5 Å². The fourth-order valence-corrected chi connectivity index (χ4v) is 4.04. The molecule has 228 valence electrons. The molecule has 0 saturated carbocycles. The van der Waals surface area contributed by atoms with Gasteiger partial charge in [-0.25, -0.2) is 13.2 Å². The van der Waals surface area contributed by atoms with E-state index in [1.807, 2.05) is 6.08 Å². The lowest BCUT2D eigenvalue weighted by Gasteiger charge is -2.29. The van der Waals surface area contributed by atoms with Gasteiger partial charge in [-0.2, -0.15) is 0 Å². The van der Waals surface area contributed by atoms with Gasteiger partial charge in [0.1, 0.15) is 0 Å². The van der Waals surface area contributed by atoms with Gasteiger partial charge in [0.15, 0.2) is 0 Å². The molecule has 0 fully saturated rings. The third-order valence-corrected chi connectivity index (χ3v) is 7.00. The summed E-state index contributed by atoms with van der Waals surface area (Å²) >= 11 is 0. The summed E-state index contributed by atoms with van der Waals surface area (Å²) in [6.45, 7) is 13.8. The summed E-state index contributed by atoms with van der Waals surface area (Å²) in [4.78, 5) is 10.6. The normalized spacial score (nSPS) is 13.2. The first kappa shape index (κ1) is 39.1. The van der Waals surface area contributed by atoms with Gasteiger partial charge in [0.2, 0.25) is 0 Å². The van der Waals surface area contributed by atoms with Crippen molar-refractivity contribution in [3.63, 3.8) is 0 Å². The molecule has 0 heterocycles. The molecule has 0 aromatic rings. The Morgan fingerprint density at radius 1 is 0.895 bits per heavy atom. The number of rotatable bonds is 24. The van der Waals surface area contributed by atoms with Crippen molar-refractivity contribution in [3.8, 4) is 0 Å². The van der Waals surface area contributed by atoms with E-state index >= 15 is 0 Å². The maximum absolute atomic E-state index is 10.6. The number of carbonyl (C=O) groups is 1. The minimum atomic E-state index is -4.09. The zero-order valence-corrected chi connectivity index (χ0v) is 25.9. The number of hydrogen-bond acceptors (Lipinski definition) is 7. The summed E-state index contributed by atoms with van der Waals surface area (Å²) in [6.07, 6.45) is 10.9. The average Bonchev–Trinajstić information content (AvgIpc) is 2.84. The van der Waals surface area contributed by atoms with Crippen molar-refractivity contribution in [2.75, 3.05) is 72.6 Å². The molecule has 1 unspecified atom stereocenters. The van der Waals surface area contributed by atoms with E-state index in [1.54, 1.807) is 6.92 Å². The van der Waals surface area contributed by atoms with Crippen molar-refractivity contribution < 1.29 is 41.6 Å². The molecule has 0 aromatic heterocycles. The molecule has 0 spiro atoms. The zero-order valence-electron chi connectivity index (χ0n) is 25.0. The molecule has 0 aromatic carbocycles. The van der Waals surface area contributed by atoms with Crippen LogP contribution in [0.1, 0.15) is 85.5 Å². The molecule has 38 heavy (non-hydrogen) atoms. The Morgan fingerprint density at radius 3 is 2.00 bits per heavy atom. The van der Waals surface area contributed by atoms with Crippen LogP contribution >= 0.6 is 0 Å². The highest BCUT2D eigenvalue weighted by molar-refractivity contribution is 7.85. The van der Waals surface area contributed by atoms with Crippen LogP contribution in [0.25, 0.3) is 0 Å². The van der Waals surface area contributed by atoms with Crippen molar-refractivity contribution in [2.24, 2.45) is 5.92 Å². The van der Waals surface area contributed by atoms with Crippen molar-refractivity contribution in [1.29, 1.82) is 0 Å². The lowest BCUT2D eigenvalue weighted by Crippen LogP contribution is -2.41. The van der Waals surface area contributed by atoms with Crippen molar-refractivity contribution >= 4 is 16.1 Å². The highest BCUT2D eigenvalue weighted by Crippen LogP contribution is 2.12. The fourth-order valence-electron chi connectivity index (χ4n) is 3.49. The Labute approximate surface area is 233 Å². The highest BCUT2D eigenvalue weighted by Gasteiger charge is 2.12. The van der Waals surface area contributed by atoms with Gasteiger partial charge in [-0.3, -0.25) is 0 Å². The number of unbranched alkanes of at least 4 members (excludes halogenated alkanes) is 3. The first-order chi connectivity index (χ1) is 17.9. The molecule has 0 amide bonds. The van der Waals surface area contributed by atoms with Crippen LogP contribution in [0.5, 0.6) is 0 Å². The van der Waals surface area contributed by atoms with Gasteiger partial charge in [0.25, 0.3) is 0 Å². The van der Waals surface area contributed by atoms with E-state index in [0.717, 1.165) is 37.0 Å². The topological polar surface area (TPSA) is 122 Å². The van der Waals surface area contributed by atoms with Gasteiger partial charge >= 0.3 is 5.97 Å². The molecule has 9 nitrogen and oxygen atoms in total. The first-order valence-electron chi connectivity index (χ1n) is 14.3. The number of ether oxygens (including phenoxy) is 3. The summed E-state index contributed by atoms with van der Waals surface area (Å²) in [5.41, 5.74) is 0.450. The molecular formula is C28H57NO8S. The third-order valence-electron chi connectivity index (χ3n) is 6.21. The Balaban J connectivity index is 0. The monoisotopic (exact) mass is 567 g/mol. The maximum Gasteiger partial charge on any atom is 0.330 e. The van der Waals surface area contributed by atoms with Crippen LogP contribution in [0.2, 0.25) is 0 Å². The highest BCUT2D eigenvalue weighted by atomic mass is 32.2. The van der Waals surface area contributed by atoms with E-state index in [4.69, 9.17) is 19.3 Å². The smallest absolute Gasteiger partial charge is 0.330 e. The van der Waals surface area contributed by atoms with Gasteiger partial charge in [-0.05, 0) is 38.5 Å². The van der Waals surface area contributed by atoms with Crippen LogP contribution in [0.4, 0.5) is 0 Å². The molecule has 0 aliphatic carbocycles. The van der Waals surface area contributed by atoms with Crippen LogP contribution in [-0.4, -0.2) is 101 Å². The first-order valence-corrected chi connectivity index (χ1v) is 15.8. The molecule has 1 N–H and O–H groups in total. The van der Waals surface area contributed by atoms with Crippen LogP contribution in [0.15, 0.2) is 11.6 Å². The predicted molar refractivity (Wildman–Crippen MR) is 152 cm³/mol. The minimum absolute atomic E-state index is 0.318. The molecule has 0 rings (SSSR count). The summed E-state index contributed by atoms with van der Waals surface area (Å²) in [5, 5.41) is 8.68. The van der Waals surface area contributed by atoms with Crippen molar-refractivity contribution in [1.82, 2.24) is 0 Å². The van der Waals surface area contributed by atoms with Gasteiger partial charge in [-0.1, -0.05) is 52.5 Å². The molecule has 10 heteroatoms. The van der Waals surface area contributed by atoms with Gasteiger partial charge in [0, 0.05) is 31.0 Å². The molecule has 0 aliphatic heterocycles. The van der Waals surface area contributed by atoms with E-state index in [9.17, 15) is 17.8 Å². The number of carboxylic acid groups (broad SMARTS) is 1. The quantitative estimate of drug-likeness (QED) is 0.0759. The average molecular weight is 568 g/mol.